The van der Waals surface area contributed by atoms with Gasteiger partial charge in [0.2, 0.25) is 0 Å². The molecule has 0 aliphatic heterocycles. The second kappa shape index (κ2) is 6.92. The van der Waals surface area contributed by atoms with Crippen molar-refractivity contribution >= 4 is 11.3 Å². The van der Waals surface area contributed by atoms with Crippen molar-refractivity contribution in [2.75, 3.05) is 18.5 Å². The van der Waals surface area contributed by atoms with E-state index in [0.717, 1.165) is 23.3 Å². The standard InChI is InChI=1S/C17H18F2N4O/c1-11-6-16-17(20-4-5-23(16)22-11)21-9-13(10-24)7-12-2-3-14(18)15(19)8-12/h2-6,8,13,24H,7,9-10H2,1H3,(H,20,21)/t13-/m1/s1. The van der Waals surface area contributed by atoms with Gasteiger partial charge in [0.1, 0.15) is 5.52 Å². The Labute approximate surface area is 138 Å². The zero-order valence-electron chi connectivity index (χ0n) is 13.2. The average Bonchev–Trinajstić information content (AvgIpc) is 2.95. The van der Waals surface area contributed by atoms with E-state index in [4.69, 9.17) is 0 Å². The number of hydrogen-bond donors (Lipinski definition) is 2. The van der Waals surface area contributed by atoms with Crippen molar-refractivity contribution < 1.29 is 13.9 Å². The number of halogens is 2. The number of aliphatic hydroxyl groups excluding tert-OH is 1. The lowest BCUT2D eigenvalue weighted by molar-refractivity contribution is 0.232. The largest absolute Gasteiger partial charge is 0.396 e. The highest BCUT2D eigenvalue weighted by atomic mass is 19.2. The zero-order chi connectivity index (χ0) is 17.1. The molecule has 0 amide bonds. The molecule has 5 nitrogen and oxygen atoms in total. The van der Waals surface area contributed by atoms with Crippen molar-refractivity contribution in [2.45, 2.75) is 13.3 Å². The molecule has 1 atom stereocenters. The molecule has 3 rings (SSSR count). The Hall–Kier alpha value is -2.54. The van der Waals surface area contributed by atoms with Crippen molar-refractivity contribution in [3.63, 3.8) is 0 Å². The number of benzene rings is 1. The number of nitrogens with zero attached hydrogens (tertiary/aromatic N) is 3. The molecule has 0 unspecified atom stereocenters. The molecule has 2 heterocycles. The molecule has 0 aliphatic rings. The third-order valence-electron chi connectivity index (χ3n) is 3.84. The highest BCUT2D eigenvalue weighted by molar-refractivity contribution is 5.67. The summed E-state index contributed by atoms with van der Waals surface area (Å²) in [6, 6.07) is 5.71. The van der Waals surface area contributed by atoms with Crippen molar-refractivity contribution in [2.24, 2.45) is 5.92 Å². The van der Waals surface area contributed by atoms with Gasteiger partial charge in [0.15, 0.2) is 17.5 Å². The van der Waals surface area contributed by atoms with Gasteiger partial charge in [-0.1, -0.05) is 6.07 Å². The van der Waals surface area contributed by atoms with Gasteiger partial charge in [-0.15, -0.1) is 0 Å². The monoisotopic (exact) mass is 332 g/mol. The maximum absolute atomic E-state index is 13.3. The van der Waals surface area contributed by atoms with Gasteiger partial charge in [-0.25, -0.2) is 18.3 Å². The smallest absolute Gasteiger partial charge is 0.159 e. The summed E-state index contributed by atoms with van der Waals surface area (Å²) < 4.78 is 28.0. The Balaban J connectivity index is 1.70. The van der Waals surface area contributed by atoms with Crippen LogP contribution in [0.25, 0.3) is 5.52 Å². The van der Waals surface area contributed by atoms with E-state index in [1.54, 1.807) is 16.9 Å². The second-order valence-corrected chi connectivity index (χ2v) is 5.77. The van der Waals surface area contributed by atoms with Crippen molar-refractivity contribution in [3.8, 4) is 0 Å². The number of aryl methyl sites for hydroxylation is 1. The number of nitrogens with one attached hydrogen (secondary N) is 1. The van der Waals surface area contributed by atoms with Gasteiger partial charge in [0.25, 0.3) is 0 Å². The molecule has 0 saturated carbocycles. The maximum Gasteiger partial charge on any atom is 0.159 e. The average molecular weight is 332 g/mol. The van der Waals surface area contributed by atoms with Gasteiger partial charge in [-0.05, 0) is 37.1 Å². The summed E-state index contributed by atoms with van der Waals surface area (Å²) in [6.07, 6.45) is 3.84. The van der Waals surface area contributed by atoms with Gasteiger partial charge in [-0.2, -0.15) is 5.10 Å². The molecule has 24 heavy (non-hydrogen) atoms. The van der Waals surface area contributed by atoms with Gasteiger partial charge < -0.3 is 10.4 Å². The quantitative estimate of drug-likeness (QED) is 0.728. The molecule has 3 aromatic rings. The van der Waals surface area contributed by atoms with Crippen LogP contribution in [0, 0.1) is 24.5 Å². The van der Waals surface area contributed by atoms with Crippen LogP contribution in [0.5, 0.6) is 0 Å². The lowest BCUT2D eigenvalue weighted by atomic mass is 10.00. The van der Waals surface area contributed by atoms with E-state index in [2.05, 4.69) is 15.4 Å². The van der Waals surface area contributed by atoms with Crippen LogP contribution in [-0.2, 0) is 6.42 Å². The molecular formula is C17H18F2N4O. The molecule has 1 aromatic carbocycles. The van der Waals surface area contributed by atoms with E-state index in [-0.39, 0.29) is 12.5 Å². The molecule has 0 fully saturated rings. The first kappa shape index (κ1) is 16.3. The number of hydrogen-bond acceptors (Lipinski definition) is 4. The molecule has 0 radical (unpaired) electrons. The topological polar surface area (TPSA) is 62.5 Å². The van der Waals surface area contributed by atoms with Crippen LogP contribution in [0.3, 0.4) is 0 Å². The molecule has 126 valence electrons. The summed E-state index contributed by atoms with van der Waals surface area (Å²) in [5.41, 5.74) is 2.37. The number of aromatic nitrogens is 3. The number of anilines is 1. The van der Waals surface area contributed by atoms with Gasteiger partial charge >= 0.3 is 0 Å². The van der Waals surface area contributed by atoms with Crippen molar-refractivity contribution in [1.29, 1.82) is 0 Å². The van der Waals surface area contributed by atoms with Gasteiger partial charge in [0.05, 0.1) is 5.69 Å². The lowest BCUT2D eigenvalue weighted by Crippen LogP contribution is -2.21. The van der Waals surface area contributed by atoms with E-state index < -0.39 is 11.6 Å². The van der Waals surface area contributed by atoms with Crippen LogP contribution in [-0.4, -0.2) is 32.9 Å². The fourth-order valence-electron chi connectivity index (χ4n) is 2.62. The first-order valence-corrected chi connectivity index (χ1v) is 7.66. The van der Waals surface area contributed by atoms with E-state index in [9.17, 15) is 13.9 Å². The minimum absolute atomic E-state index is 0.0760. The van der Waals surface area contributed by atoms with E-state index in [1.165, 1.54) is 6.07 Å². The van der Waals surface area contributed by atoms with Gasteiger partial charge in [-0.3, -0.25) is 0 Å². The van der Waals surface area contributed by atoms with Crippen LogP contribution < -0.4 is 5.32 Å². The lowest BCUT2D eigenvalue weighted by Gasteiger charge is -2.16. The fourth-order valence-corrected chi connectivity index (χ4v) is 2.62. The summed E-state index contributed by atoms with van der Waals surface area (Å²) in [5.74, 6) is -1.23. The van der Waals surface area contributed by atoms with E-state index >= 15 is 0 Å². The summed E-state index contributed by atoms with van der Waals surface area (Å²) in [4.78, 5) is 4.30. The molecule has 7 heteroatoms. The minimum Gasteiger partial charge on any atom is -0.396 e. The molecule has 2 N–H and O–H groups in total. The van der Waals surface area contributed by atoms with E-state index in [1.807, 2.05) is 13.0 Å². The Kier molecular flexibility index (Phi) is 4.71. The van der Waals surface area contributed by atoms with E-state index in [0.29, 0.717) is 24.3 Å². The van der Waals surface area contributed by atoms with Crippen LogP contribution >= 0.6 is 0 Å². The van der Waals surface area contributed by atoms with Crippen LogP contribution in [0.1, 0.15) is 11.3 Å². The van der Waals surface area contributed by atoms with Crippen LogP contribution in [0.2, 0.25) is 0 Å². The predicted molar refractivity (Wildman–Crippen MR) is 86.9 cm³/mol. The minimum atomic E-state index is -0.877. The normalized spacial score (nSPS) is 12.5. The van der Waals surface area contributed by atoms with Crippen molar-refractivity contribution in [3.05, 3.63) is 59.6 Å². The number of fused-ring (bicyclic) bond motifs is 1. The maximum atomic E-state index is 13.3. The molecule has 2 aromatic heterocycles. The Morgan fingerprint density at radius 3 is 2.83 bits per heavy atom. The summed E-state index contributed by atoms with van der Waals surface area (Å²) in [6.45, 7) is 2.27. The zero-order valence-corrected chi connectivity index (χ0v) is 13.2. The summed E-state index contributed by atoms with van der Waals surface area (Å²) in [7, 11) is 0. The second-order valence-electron chi connectivity index (χ2n) is 5.77. The molecular weight excluding hydrogens is 314 g/mol. The highest BCUT2D eigenvalue weighted by Gasteiger charge is 2.12. The summed E-state index contributed by atoms with van der Waals surface area (Å²) >= 11 is 0. The SMILES string of the molecule is Cc1cc2c(NC[C@H](CO)Cc3ccc(F)c(F)c3)nccn2n1. The Bertz CT molecular complexity index is 850. The molecule has 0 saturated heterocycles. The first-order valence-electron chi connectivity index (χ1n) is 7.66. The Morgan fingerprint density at radius 1 is 1.25 bits per heavy atom. The predicted octanol–water partition coefficient (Wildman–Crippen LogP) is 2.58. The van der Waals surface area contributed by atoms with Crippen molar-refractivity contribution in [1.82, 2.24) is 14.6 Å². The fraction of sp³-hybridized carbons (Fsp3) is 0.294. The third kappa shape index (κ3) is 3.51. The summed E-state index contributed by atoms with van der Waals surface area (Å²) in [5, 5.41) is 17.1. The number of aliphatic hydroxyl groups is 1. The molecule has 0 aliphatic carbocycles. The van der Waals surface area contributed by atoms with Gasteiger partial charge in [0, 0.05) is 31.5 Å². The first-order chi connectivity index (χ1) is 11.6. The van der Waals surface area contributed by atoms with Crippen LogP contribution in [0.4, 0.5) is 14.6 Å². The van der Waals surface area contributed by atoms with Crippen LogP contribution in [0.15, 0.2) is 36.7 Å². The molecule has 0 spiro atoms. The highest BCUT2D eigenvalue weighted by Crippen LogP contribution is 2.17. The number of rotatable bonds is 6. The molecule has 0 bridgehead atoms. The third-order valence-corrected chi connectivity index (χ3v) is 3.84. The Morgan fingerprint density at radius 2 is 2.08 bits per heavy atom.